The van der Waals surface area contributed by atoms with Gasteiger partial charge in [0.05, 0.1) is 6.20 Å². The molecule has 2 N–H and O–H groups in total. The molecule has 0 aliphatic heterocycles. The van der Waals surface area contributed by atoms with E-state index >= 15 is 0 Å². The van der Waals surface area contributed by atoms with Crippen LogP contribution in [0.3, 0.4) is 0 Å². The largest absolute Gasteiger partial charge is 0.486 e. The summed E-state index contributed by atoms with van der Waals surface area (Å²) in [7, 11) is 0. The van der Waals surface area contributed by atoms with Crippen LogP contribution in [0.1, 0.15) is 10.6 Å². The van der Waals surface area contributed by atoms with Crippen molar-refractivity contribution in [3.05, 3.63) is 46.4 Å². The third-order valence-electron chi connectivity index (χ3n) is 2.16. The predicted octanol–water partition coefficient (Wildman–Crippen LogP) is 2.22. The van der Waals surface area contributed by atoms with Gasteiger partial charge in [0.15, 0.2) is 0 Å². The van der Waals surface area contributed by atoms with Gasteiger partial charge in [0.1, 0.15) is 12.4 Å². The Hall–Kier alpha value is -1.39. The Balaban J connectivity index is 1.90. The van der Waals surface area contributed by atoms with Gasteiger partial charge < -0.3 is 10.5 Å². The first-order valence-corrected chi connectivity index (χ1v) is 6.06. The van der Waals surface area contributed by atoms with Crippen molar-refractivity contribution in [3.63, 3.8) is 0 Å². The van der Waals surface area contributed by atoms with E-state index in [4.69, 9.17) is 10.5 Å². The lowest BCUT2D eigenvalue weighted by Crippen LogP contribution is -2.04. The molecule has 4 heteroatoms. The Labute approximate surface area is 98.9 Å². The molecule has 0 aliphatic rings. The van der Waals surface area contributed by atoms with Crippen molar-refractivity contribution in [2.75, 3.05) is 6.54 Å². The summed E-state index contributed by atoms with van der Waals surface area (Å²) in [6.07, 6.45) is 2.56. The fraction of sp³-hybridized carbons (Fsp3) is 0.250. The van der Waals surface area contributed by atoms with Crippen LogP contribution in [0.4, 0.5) is 0 Å². The van der Waals surface area contributed by atoms with E-state index in [9.17, 15) is 0 Å². The average Bonchev–Trinajstić information content (AvgIpc) is 2.82. The van der Waals surface area contributed by atoms with Crippen molar-refractivity contribution >= 4 is 11.3 Å². The summed E-state index contributed by atoms with van der Waals surface area (Å²) in [4.78, 5) is 5.48. The molecule has 2 aromatic rings. The molecule has 0 unspecified atom stereocenters. The van der Waals surface area contributed by atoms with Gasteiger partial charge in [-0.05, 0) is 30.1 Å². The minimum absolute atomic E-state index is 0.607. The van der Waals surface area contributed by atoms with Crippen LogP contribution in [0.2, 0.25) is 0 Å². The topological polar surface area (TPSA) is 48.1 Å². The van der Waals surface area contributed by atoms with Crippen LogP contribution in [-0.4, -0.2) is 11.5 Å². The van der Waals surface area contributed by atoms with Crippen LogP contribution in [0.15, 0.2) is 35.8 Å². The van der Waals surface area contributed by atoms with Crippen molar-refractivity contribution in [2.45, 2.75) is 13.0 Å². The van der Waals surface area contributed by atoms with Gasteiger partial charge in [0, 0.05) is 17.0 Å². The Kier molecular flexibility index (Phi) is 3.91. The van der Waals surface area contributed by atoms with Gasteiger partial charge in [-0.15, -0.1) is 11.3 Å². The van der Waals surface area contributed by atoms with E-state index in [1.165, 1.54) is 4.88 Å². The van der Waals surface area contributed by atoms with Gasteiger partial charge in [0.25, 0.3) is 0 Å². The highest BCUT2D eigenvalue weighted by molar-refractivity contribution is 7.09. The van der Waals surface area contributed by atoms with Crippen LogP contribution in [0.25, 0.3) is 0 Å². The first-order chi connectivity index (χ1) is 7.88. The molecule has 2 rings (SSSR count). The Morgan fingerprint density at radius 2 is 2.25 bits per heavy atom. The zero-order chi connectivity index (χ0) is 11.2. The SMILES string of the molecule is NCCc1ccc(OCc2cccs2)cn1. The summed E-state index contributed by atoms with van der Waals surface area (Å²) in [6, 6.07) is 7.97. The molecule has 0 aliphatic carbocycles. The Bertz CT molecular complexity index is 411. The molecular formula is C12H14N2OS. The summed E-state index contributed by atoms with van der Waals surface area (Å²) >= 11 is 1.69. The van der Waals surface area contributed by atoms with E-state index in [0.29, 0.717) is 13.2 Å². The molecule has 0 spiro atoms. The second-order valence-electron chi connectivity index (χ2n) is 3.39. The number of hydrogen-bond acceptors (Lipinski definition) is 4. The summed E-state index contributed by atoms with van der Waals surface area (Å²) in [6.45, 7) is 1.23. The second-order valence-corrected chi connectivity index (χ2v) is 4.42. The maximum absolute atomic E-state index is 5.60. The highest BCUT2D eigenvalue weighted by Crippen LogP contribution is 2.14. The molecule has 0 bridgehead atoms. The molecule has 0 aromatic carbocycles. The number of pyridine rings is 1. The second kappa shape index (κ2) is 5.63. The van der Waals surface area contributed by atoms with Crippen LogP contribution in [0.5, 0.6) is 5.75 Å². The number of aromatic nitrogens is 1. The Morgan fingerprint density at radius 1 is 1.31 bits per heavy atom. The van der Waals surface area contributed by atoms with Gasteiger partial charge in [-0.1, -0.05) is 6.07 Å². The summed E-state index contributed by atoms with van der Waals surface area (Å²) in [5.74, 6) is 0.800. The molecule has 2 heterocycles. The molecule has 84 valence electrons. The number of rotatable bonds is 5. The lowest BCUT2D eigenvalue weighted by Gasteiger charge is -2.04. The minimum Gasteiger partial charge on any atom is -0.486 e. The van der Waals surface area contributed by atoms with Crippen LogP contribution >= 0.6 is 11.3 Å². The molecule has 0 saturated carbocycles. The lowest BCUT2D eigenvalue weighted by atomic mass is 10.3. The first kappa shape index (κ1) is 11.1. The summed E-state index contributed by atoms with van der Waals surface area (Å²) in [5, 5.41) is 2.04. The summed E-state index contributed by atoms with van der Waals surface area (Å²) in [5.41, 5.74) is 6.46. The zero-order valence-corrected chi connectivity index (χ0v) is 9.74. The maximum atomic E-state index is 5.60. The third kappa shape index (κ3) is 3.05. The molecule has 0 radical (unpaired) electrons. The van der Waals surface area contributed by atoms with E-state index < -0.39 is 0 Å². The van der Waals surface area contributed by atoms with E-state index in [0.717, 1.165) is 17.9 Å². The van der Waals surface area contributed by atoms with Crippen molar-refractivity contribution in [2.24, 2.45) is 5.73 Å². The van der Waals surface area contributed by atoms with E-state index in [1.54, 1.807) is 17.5 Å². The van der Waals surface area contributed by atoms with E-state index in [-0.39, 0.29) is 0 Å². The fourth-order valence-corrected chi connectivity index (χ4v) is 1.96. The number of ether oxygens (including phenoxy) is 1. The highest BCUT2D eigenvalue weighted by atomic mass is 32.1. The predicted molar refractivity (Wildman–Crippen MR) is 65.6 cm³/mol. The van der Waals surface area contributed by atoms with Gasteiger partial charge in [0.2, 0.25) is 0 Å². The standard InChI is InChI=1S/C12H14N2OS/c13-6-5-10-3-4-11(8-14-10)15-9-12-2-1-7-16-12/h1-4,7-8H,5-6,9,13H2. The van der Waals surface area contributed by atoms with E-state index in [2.05, 4.69) is 11.1 Å². The quantitative estimate of drug-likeness (QED) is 0.863. The molecule has 0 atom stereocenters. The number of thiophene rings is 1. The first-order valence-electron chi connectivity index (χ1n) is 5.18. The monoisotopic (exact) mass is 234 g/mol. The minimum atomic E-state index is 0.607. The van der Waals surface area contributed by atoms with Crippen molar-refractivity contribution in [1.82, 2.24) is 4.98 Å². The normalized spacial score (nSPS) is 10.3. The van der Waals surface area contributed by atoms with Gasteiger partial charge in [-0.3, -0.25) is 4.98 Å². The molecular weight excluding hydrogens is 220 g/mol. The average molecular weight is 234 g/mol. The molecule has 3 nitrogen and oxygen atoms in total. The van der Waals surface area contributed by atoms with E-state index in [1.807, 2.05) is 23.6 Å². The van der Waals surface area contributed by atoms with Gasteiger partial charge >= 0.3 is 0 Å². The fourth-order valence-electron chi connectivity index (χ4n) is 1.34. The van der Waals surface area contributed by atoms with Crippen LogP contribution in [-0.2, 0) is 13.0 Å². The third-order valence-corrected chi connectivity index (χ3v) is 3.01. The number of hydrogen-bond donors (Lipinski definition) is 1. The lowest BCUT2D eigenvalue weighted by molar-refractivity contribution is 0.308. The maximum Gasteiger partial charge on any atom is 0.138 e. The van der Waals surface area contributed by atoms with Crippen molar-refractivity contribution in [3.8, 4) is 5.75 Å². The molecule has 0 fully saturated rings. The number of nitrogens with zero attached hydrogens (tertiary/aromatic N) is 1. The van der Waals surface area contributed by atoms with Crippen molar-refractivity contribution < 1.29 is 4.74 Å². The smallest absolute Gasteiger partial charge is 0.138 e. The molecule has 0 amide bonds. The van der Waals surface area contributed by atoms with Crippen LogP contribution in [0, 0.1) is 0 Å². The molecule has 0 saturated heterocycles. The summed E-state index contributed by atoms with van der Waals surface area (Å²) < 4.78 is 5.60. The van der Waals surface area contributed by atoms with Crippen molar-refractivity contribution in [1.29, 1.82) is 0 Å². The number of nitrogens with two attached hydrogens (primary N) is 1. The highest BCUT2D eigenvalue weighted by Gasteiger charge is 1.98. The zero-order valence-electron chi connectivity index (χ0n) is 8.93. The van der Waals surface area contributed by atoms with Crippen LogP contribution < -0.4 is 10.5 Å². The Morgan fingerprint density at radius 3 is 2.88 bits per heavy atom. The van der Waals surface area contributed by atoms with Gasteiger partial charge in [-0.2, -0.15) is 0 Å². The van der Waals surface area contributed by atoms with Gasteiger partial charge in [-0.25, -0.2) is 0 Å². The molecule has 2 aromatic heterocycles. The molecule has 16 heavy (non-hydrogen) atoms.